The molecule has 0 fully saturated rings. The number of nitrogens with one attached hydrogen (secondary N) is 2. The number of aryl methyl sites for hydroxylation is 1. The highest BCUT2D eigenvalue weighted by Gasteiger charge is 2.40. The molecule has 0 aliphatic heterocycles. The van der Waals surface area contributed by atoms with Crippen LogP contribution in [-0.2, 0) is 23.9 Å². The van der Waals surface area contributed by atoms with Crippen LogP contribution in [0.15, 0.2) is 24.3 Å². The zero-order chi connectivity index (χ0) is 26.8. The van der Waals surface area contributed by atoms with Crippen LogP contribution in [0.2, 0.25) is 0 Å². The van der Waals surface area contributed by atoms with Crippen LogP contribution in [0.5, 0.6) is 0 Å². The molecule has 196 valence electrons. The van der Waals surface area contributed by atoms with Crippen LogP contribution in [0.4, 0.5) is 4.79 Å². The van der Waals surface area contributed by atoms with Gasteiger partial charge in [0.2, 0.25) is 11.8 Å². The number of ether oxygens (including phenoxy) is 2. The molecule has 3 amide bonds. The van der Waals surface area contributed by atoms with Gasteiger partial charge in [-0.05, 0) is 60.5 Å². The fourth-order valence-electron chi connectivity index (χ4n) is 3.42. The highest BCUT2D eigenvalue weighted by molar-refractivity contribution is 5.91. The normalized spacial score (nSPS) is 12.3. The Hall–Kier alpha value is -3.10. The number of hydrogen-bond acceptors (Lipinski definition) is 6. The molecule has 1 aromatic rings. The maximum atomic E-state index is 13.5. The van der Waals surface area contributed by atoms with Crippen LogP contribution in [0.25, 0.3) is 0 Å². The van der Waals surface area contributed by atoms with Crippen LogP contribution in [0.3, 0.4) is 0 Å². The summed E-state index contributed by atoms with van der Waals surface area (Å²) in [5.41, 5.74) is 0.129. The van der Waals surface area contributed by atoms with E-state index in [0.717, 1.165) is 5.56 Å². The van der Waals surface area contributed by atoms with Crippen molar-refractivity contribution in [1.29, 1.82) is 0 Å². The first kappa shape index (κ1) is 29.9. The van der Waals surface area contributed by atoms with E-state index >= 15 is 0 Å². The van der Waals surface area contributed by atoms with E-state index in [9.17, 15) is 19.2 Å². The Bertz CT molecular complexity index is 891. The van der Waals surface area contributed by atoms with Crippen LogP contribution < -0.4 is 10.6 Å². The second-order valence-electron chi connectivity index (χ2n) is 9.95. The third-order valence-corrected chi connectivity index (χ3v) is 5.37. The minimum atomic E-state index is -0.972. The molecule has 0 spiro atoms. The van der Waals surface area contributed by atoms with Gasteiger partial charge in [0, 0.05) is 12.1 Å². The van der Waals surface area contributed by atoms with E-state index in [0.29, 0.717) is 12.0 Å². The Morgan fingerprint density at radius 1 is 1.03 bits per heavy atom. The largest absolute Gasteiger partial charge is 0.466 e. The van der Waals surface area contributed by atoms with Gasteiger partial charge in [0.05, 0.1) is 13.0 Å². The summed E-state index contributed by atoms with van der Waals surface area (Å²) >= 11 is 0. The molecule has 0 bridgehead atoms. The van der Waals surface area contributed by atoms with E-state index in [4.69, 9.17) is 9.47 Å². The van der Waals surface area contributed by atoms with Gasteiger partial charge in [-0.2, -0.15) is 0 Å². The Morgan fingerprint density at radius 2 is 1.69 bits per heavy atom. The van der Waals surface area contributed by atoms with Gasteiger partial charge in [0.25, 0.3) is 0 Å². The molecule has 1 rings (SSSR count). The Balaban J connectivity index is 3.27. The Kier molecular flexibility index (Phi) is 11.2. The highest BCUT2D eigenvalue weighted by Crippen LogP contribution is 2.31. The highest BCUT2D eigenvalue weighted by atomic mass is 16.6. The van der Waals surface area contributed by atoms with Crippen molar-refractivity contribution in [2.24, 2.45) is 0 Å². The third-order valence-electron chi connectivity index (χ3n) is 5.37. The van der Waals surface area contributed by atoms with Crippen LogP contribution in [-0.4, -0.2) is 59.6 Å². The fraction of sp³-hybridized carbons (Fsp3) is 0.615. The molecule has 0 aliphatic carbocycles. The van der Waals surface area contributed by atoms with Gasteiger partial charge in [-0.25, -0.2) is 4.79 Å². The van der Waals surface area contributed by atoms with Crippen molar-refractivity contribution in [3.8, 4) is 0 Å². The van der Waals surface area contributed by atoms with Gasteiger partial charge in [0.1, 0.15) is 18.2 Å². The first-order chi connectivity index (χ1) is 16.2. The predicted octanol–water partition coefficient (Wildman–Crippen LogP) is 3.65. The summed E-state index contributed by atoms with van der Waals surface area (Å²) in [4.78, 5) is 52.3. The number of carbonyl (C=O) groups is 4. The molecule has 2 N–H and O–H groups in total. The van der Waals surface area contributed by atoms with Crippen LogP contribution in [0.1, 0.15) is 78.5 Å². The second-order valence-corrected chi connectivity index (χ2v) is 9.95. The second kappa shape index (κ2) is 13.1. The zero-order valence-corrected chi connectivity index (χ0v) is 22.3. The maximum Gasteiger partial charge on any atom is 0.408 e. The molecule has 1 unspecified atom stereocenters. The summed E-state index contributed by atoms with van der Waals surface area (Å²) in [5.74, 6) is -1.27. The monoisotopic (exact) mass is 491 g/mol. The van der Waals surface area contributed by atoms with E-state index in [1.807, 2.05) is 45.9 Å². The van der Waals surface area contributed by atoms with E-state index in [1.165, 1.54) is 4.90 Å². The number of hydrogen-bond donors (Lipinski definition) is 2. The van der Waals surface area contributed by atoms with E-state index < -0.39 is 41.1 Å². The van der Waals surface area contributed by atoms with Crippen molar-refractivity contribution in [1.82, 2.24) is 15.5 Å². The lowest BCUT2D eigenvalue weighted by Crippen LogP contribution is -2.56. The van der Waals surface area contributed by atoms with Gasteiger partial charge >= 0.3 is 12.1 Å². The lowest BCUT2D eigenvalue weighted by atomic mass is 9.92. The lowest BCUT2D eigenvalue weighted by Gasteiger charge is -2.43. The van der Waals surface area contributed by atoms with Crippen molar-refractivity contribution in [2.45, 2.75) is 85.4 Å². The van der Waals surface area contributed by atoms with E-state index in [2.05, 4.69) is 10.6 Å². The molecule has 0 saturated heterocycles. The molecule has 0 saturated carbocycles. The quantitative estimate of drug-likeness (QED) is 0.457. The summed E-state index contributed by atoms with van der Waals surface area (Å²) in [6.07, 6.45) is -0.138. The summed E-state index contributed by atoms with van der Waals surface area (Å²) in [6.45, 7) is 14.5. The molecule has 1 aromatic carbocycles. The fourth-order valence-corrected chi connectivity index (χ4v) is 3.42. The average molecular weight is 492 g/mol. The molecule has 0 aliphatic rings. The number of rotatable bonds is 11. The molecule has 0 aromatic heterocycles. The molecule has 9 heteroatoms. The number of alkyl carbamates (subject to hydrolysis) is 1. The molecular weight excluding hydrogens is 450 g/mol. The predicted molar refractivity (Wildman–Crippen MR) is 134 cm³/mol. The van der Waals surface area contributed by atoms with E-state index in [-0.39, 0.29) is 26.1 Å². The molecule has 35 heavy (non-hydrogen) atoms. The van der Waals surface area contributed by atoms with Crippen LogP contribution >= 0.6 is 0 Å². The third kappa shape index (κ3) is 9.96. The van der Waals surface area contributed by atoms with Gasteiger partial charge in [0.15, 0.2) is 0 Å². The molecule has 0 heterocycles. The van der Waals surface area contributed by atoms with Crippen molar-refractivity contribution in [3.63, 3.8) is 0 Å². The molecule has 0 radical (unpaired) electrons. The number of benzene rings is 1. The summed E-state index contributed by atoms with van der Waals surface area (Å²) in [5, 5.41) is 5.27. The lowest BCUT2D eigenvalue weighted by molar-refractivity contribution is -0.147. The first-order valence-corrected chi connectivity index (χ1v) is 12.0. The van der Waals surface area contributed by atoms with Gasteiger partial charge in [-0.3, -0.25) is 14.4 Å². The molecule has 9 nitrogen and oxygen atoms in total. The summed E-state index contributed by atoms with van der Waals surface area (Å²) in [7, 11) is 0. The van der Waals surface area contributed by atoms with Crippen LogP contribution in [0, 0.1) is 6.92 Å². The Labute approximate surface area is 208 Å². The molecular formula is C26H41N3O6. The first-order valence-electron chi connectivity index (χ1n) is 12.0. The van der Waals surface area contributed by atoms with E-state index in [1.54, 1.807) is 33.8 Å². The topological polar surface area (TPSA) is 114 Å². The van der Waals surface area contributed by atoms with Crippen molar-refractivity contribution >= 4 is 23.9 Å². The number of amides is 3. The zero-order valence-electron chi connectivity index (χ0n) is 22.3. The Morgan fingerprint density at radius 3 is 2.23 bits per heavy atom. The van der Waals surface area contributed by atoms with Gasteiger partial charge in [-0.15, -0.1) is 0 Å². The number of carbonyl (C=O) groups excluding carboxylic acids is 4. The number of nitrogens with zero attached hydrogens (tertiary/aromatic N) is 1. The summed E-state index contributed by atoms with van der Waals surface area (Å²) < 4.78 is 10.2. The van der Waals surface area contributed by atoms with Gasteiger partial charge < -0.3 is 25.0 Å². The smallest absolute Gasteiger partial charge is 0.408 e. The summed E-state index contributed by atoms with van der Waals surface area (Å²) in [6, 6.07) is 6.39. The van der Waals surface area contributed by atoms with Crippen molar-refractivity contribution in [3.05, 3.63) is 35.4 Å². The van der Waals surface area contributed by atoms with Crippen molar-refractivity contribution in [2.75, 3.05) is 19.7 Å². The standard InChI is InChI=1S/C26H41N3O6/c1-9-26(7,8)29(20(30)17-28-24(33)35-25(4,5)6)22(19-13-11-12-18(3)16-19)23(32)27-15-14-21(31)34-10-2/h11-13,16,22H,9-10,14-15,17H2,1-8H3,(H,27,32)(H,28,33). The SMILES string of the molecule is CCOC(=O)CCNC(=O)C(c1cccc(C)c1)N(C(=O)CNC(=O)OC(C)(C)C)C(C)(C)CC. The minimum absolute atomic E-state index is 0.0193. The van der Waals surface area contributed by atoms with Crippen molar-refractivity contribution < 1.29 is 28.7 Å². The maximum absolute atomic E-state index is 13.5. The van der Waals surface area contributed by atoms with Gasteiger partial charge in [-0.1, -0.05) is 36.8 Å². The average Bonchev–Trinajstić information content (AvgIpc) is 2.74. The minimum Gasteiger partial charge on any atom is -0.466 e. The molecule has 1 atom stereocenters. The number of esters is 1.